The fourth-order valence-corrected chi connectivity index (χ4v) is 2.38. The highest BCUT2D eigenvalue weighted by atomic mass is 35.5. The van der Waals surface area contributed by atoms with Gasteiger partial charge in [-0.1, -0.05) is 11.6 Å². The molecule has 0 bridgehead atoms. The number of rotatable bonds is 5. The molecule has 1 aliphatic heterocycles. The lowest BCUT2D eigenvalue weighted by Crippen LogP contribution is -2.17. The predicted octanol–water partition coefficient (Wildman–Crippen LogP) is 2.45. The number of ether oxygens (including phenoxy) is 3. The van der Waals surface area contributed by atoms with Crippen molar-refractivity contribution < 1.29 is 19.0 Å². The zero-order valence-corrected chi connectivity index (χ0v) is 12.1. The molecule has 1 aromatic rings. The first kappa shape index (κ1) is 14.9. The molecule has 2 N–H and O–H groups in total. The van der Waals surface area contributed by atoms with Gasteiger partial charge in [-0.3, -0.25) is 4.79 Å². The molecule has 1 aliphatic rings. The van der Waals surface area contributed by atoms with Crippen LogP contribution in [0.4, 0.5) is 0 Å². The number of fused-ring (bicyclic) bond motifs is 1. The molecule has 2 rings (SSSR count). The number of esters is 1. The van der Waals surface area contributed by atoms with Crippen LogP contribution >= 0.6 is 11.6 Å². The SMILES string of the molecule is COC(=O)CCCC(N)c1cc2c(cc1Cl)OCCO2. The highest BCUT2D eigenvalue weighted by Gasteiger charge is 2.18. The van der Waals surface area contributed by atoms with Crippen molar-refractivity contribution in [2.45, 2.75) is 25.3 Å². The maximum atomic E-state index is 11.1. The Hall–Kier alpha value is -1.46. The minimum atomic E-state index is -0.247. The predicted molar refractivity (Wildman–Crippen MR) is 75.2 cm³/mol. The van der Waals surface area contributed by atoms with E-state index in [1.807, 2.05) is 6.07 Å². The van der Waals surface area contributed by atoms with Crippen molar-refractivity contribution in [2.75, 3.05) is 20.3 Å². The number of carbonyl (C=O) groups excluding carboxylic acids is 1. The van der Waals surface area contributed by atoms with Gasteiger partial charge in [0, 0.05) is 23.6 Å². The van der Waals surface area contributed by atoms with Crippen LogP contribution in [-0.2, 0) is 9.53 Å². The molecule has 1 aromatic carbocycles. The van der Waals surface area contributed by atoms with Crippen LogP contribution in [0.25, 0.3) is 0 Å². The maximum Gasteiger partial charge on any atom is 0.305 e. The monoisotopic (exact) mass is 299 g/mol. The molecule has 1 heterocycles. The van der Waals surface area contributed by atoms with Crippen LogP contribution in [0.15, 0.2) is 12.1 Å². The first-order chi connectivity index (χ1) is 9.61. The lowest BCUT2D eigenvalue weighted by molar-refractivity contribution is -0.140. The second-order valence-corrected chi connectivity index (χ2v) is 5.00. The van der Waals surface area contributed by atoms with Crippen LogP contribution in [0.1, 0.15) is 30.9 Å². The van der Waals surface area contributed by atoms with Crippen LogP contribution in [0.5, 0.6) is 11.5 Å². The molecular weight excluding hydrogens is 282 g/mol. The Balaban J connectivity index is 2.02. The van der Waals surface area contributed by atoms with E-state index in [4.69, 9.17) is 26.8 Å². The van der Waals surface area contributed by atoms with E-state index >= 15 is 0 Å². The van der Waals surface area contributed by atoms with Crippen molar-refractivity contribution in [3.63, 3.8) is 0 Å². The van der Waals surface area contributed by atoms with Crippen molar-refractivity contribution in [1.82, 2.24) is 0 Å². The van der Waals surface area contributed by atoms with Gasteiger partial charge in [0.25, 0.3) is 0 Å². The second kappa shape index (κ2) is 6.81. The molecular formula is C14H18ClNO4. The molecule has 0 fully saturated rings. The quantitative estimate of drug-likeness (QED) is 0.846. The Kier molecular flexibility index (Phi) is 5.09. The average Bonchev–Trinajstić information content (AvgIpc) is 2.46. The Morgan fingerprint density at radius 3 is 2.70 bits per heavy atom. The molecule has 1 atom stereocenters. The third-order valence-electron chi connectivity index (χ3n) is 3.18. The fraction of sp³-hybridized carbons (Fsp3) is 0.500. The molecule has 20 heavy (non-hydrogen) atoms. The van der Waals surface area contributed by atoms with Gasteiger partial charge < -0.3 is 19.9 Å². The van der Waals surface area contributed by atoms with Gasteiger partial charge in [0.2, 0.25) is 0 Å². The van der Waals surface area contributed by atoms with Gasteiger partial charge >= 0.3 is 5.97 Å². The fourth-order valence-electron chi connectivity index (χ4n) is 2.09. The summed E-state index contributed by atoms with van der Waals surface area (Å²) >= 11 is 6.22. The normalized spacial score (nSPS) is 14.8. The summed E-state index contributed by atoms with van der Waals surface area (Å²) in [7, 11) is 1.37. The van der Waals surface area contributed by atoms with E-state index in [0.29, 0.717) is 49.0 Å². The van der Waals surface area contributed by atoms with Crippen LogP contribution in [-0.4, -0.2) is 26.3 Å². The second-order valence-electron chi connectivity index (χ2n) is 4.59. The van der Waals surface area contributed by atoms with Crippen molar-refractivity contribution in [3.05, 3.63) is 22.7 Å². The summed E-state index contributed by atoms with van der Waals surface area (Å²) in [4.78, 5) is 11.1. The third-order valence-corrected chi connectivity index (χ3v) is 3.51. The van der Waals surface area contributed by atoms with Gasteiger partial charge in [-0.05, 0) is 24.5 Å². The van der Waals surface area contributed by atoms with Crippen molar-refractivity contribution >= 4 is 17.6 Å². The van der Waals surface area contributed by atoms with Crippen molar-refractivity contribution in [3.8, 4) is 11.5 Å². The molecule has 0 aromatic heterocycles. The van der Waals surface area contributed by atoms with Gasteiger partial charge in [-0.25, -0.2) is 0 Å². The number of nitrogens with two attached hydrogens (primary N) is 1. The average molecular weight is 300 g/mol. The Morgan fingerprint density at radius 2 is 2.05 bits per heavy atom. The minimum absolute atomic E-state index is 0.231. The molecule has 0 spiro atoms. The molecule has 0 radical (unpaired) electrons. The number of benzene rings is 1. The molecule has 0 saturated carbocycles. The van der Waals surface area contributed by atoms with Gasteiger partial charge in [0.15, 0.2) is 11.5 Å². The topological polar surface area (TPSA) is 70.8 Å². The molecule has 0 aliphatic carbocycles. The molecule has 6 heteroatoms. The van der Waals surface area contributed by atoms with Crippen molar-refractivity contribution in [2.24, 2.45) is 5.73 Å². The van der Waals surface area contributed by atoms with E-state index in [1.165, 1.54) is 7.11 Å². The minimum Gasteiger partial charge on any atom is -0.486 e. The highest BCUT2D eigenvalue weighted by Crippen LogP contribution is 2.38. The summed E-state index contributed by atoms with van der Waals surface area (Å²) in [6.45, 7) is 1.04. The van der Waals surface area contributed by atoms with E-state index in [2.05, 4.69) is 4.74 Å². The summed E-state index contributed by atoms with van der Waals surface area (Å²) in [6.07, 6.45) is 1.65. The maximum absolute atomic E-state index is 11.1. The summed E-state index contributed by atoms with van der Waals surface area (Å²) in [6, 6.07) is 3.30. The first-order valence-corrected chi connectivity index (χ1v) is 6.91. The Bertz CT molecular complexity index is 492. The zero-order valence-electron chi connectivity index (χ0n) is 11.4. The molecule has 0 amide bonds. The van der Waals surface area contributed by atoms with Gasteiger partial charge in [0.1, 0.15) is 13.2 Å². The van der Waals surface area contributed by atoms with E-state index < -0.39 is 0 Å². The Morgan fingerprint density at radius 1 is 1.40 bits per heavy atom. The number of hydrogen-bond donors (Lipinski definition) is 1. The first-order valence-electron chi connectivity index (χ1n) is 6.53. The lowest BCUT2D eigenvalue weighted by Gasteiger charge is -2.21. The van der Waals surface area contributed by atoms with Gasteiger partial charge in [-0.2, -0.15) is 0 Å². The van der Waals surface area contributed by atoms with E-state index in [0.717, 1.165) is 5.56 Å². The number of carbonyl (C=O) groups is 1. The van der Waals surface area contributed by atoms with E-state index in [-0.39, 0.29) is 12.0 Å². The van der Waals surface area contributed by atoms with Crippen LogP contribution in [0.3, 0.4) is 0 Å². The number of halogens is 1. The van der Waals surface area contributed by atoms with Crippen LogP contribution < -0.4 is 15.2 Å². The lowest BCUT2D eigenvalue weighted by atomic mass is 10.0. The van der Waals surface area contributed by atoms with Crippen molar-refractivity contribution in [1.29, 1.82) is 0 Å². The summed E-state index contributed by atoms with van der Waals surface area (Å²) < 4.78 is 15.6. The smallest absolute Gasteiger partial charge is 0.305 e. The number of methoxy groups -OCH3 is 1. The van der Waals surface area contributed by atoms with Gasteiger partial charge in [-0.15, -0.1) is 0 Å². The summed E-state index contributed by atoms with van der Waals surface area (Å²) in [5, 5.41) is 0.555. The molecule has 0 saturated heterocycles. The Labute approximate surface area is 122 Å². The molecule has 1 unspecified atom stereocenters. The van der Waals surface area contributed by atoms with E-state index in [9.17, 15) is 4.79 Å². The van der Waals surface area contributed by atoms with Gasteiger partial charge in [0.05, 0.1) is 7.11 Å². The summed E-state index contributed by atoms with van der Waals surface area (Å²) in [5.74, 6) is 1.08. The molecule has 5 nitrogen and oxygen atoms in total. The van der Waals surface area contributed by atoms with Crippen LogP contribution in [0, 0.1) is 0 Å². The highest BCUT2D eigenvalue weighted by molar-refractivity contribution is 6.31. The summed E-state index contributed by atoms with van der Waals surface area (Å²) in [5.41, 5.74) is 6.93. The number of hydrogen-bond acceptors (Lipinski definition) is 5. The molecule has 110 valence electrons. The third kappa shape index (κ3) is 3.55. The van der Waals surface area contributed by atoms with E-state index in [1.54, 1.807) is 6.07 Å². The van der Waals surface area contributed by atoms with Crippen LogP contribution in [0.2, 0.25) is 5.02 Å². The largest absolute Gasteiger partial charge is 0.486 e. The zero-order chi connectivity index (χ0) is 14.5. The standard InChI is InChI=1S/C14H18ClNO4/c1-18-14(17)4-2-3-11(16)9-7-12-13(8-10(9)15)20-6-5-19-12/h7-8,11H,2-6,16H2,1H3.